The molecule has 1 heterocycles. The van der Waals surface area contributed by atoms with Gasteiger partial charge in [-0.05, 0) is 6.42 Å². The van der Waals surface area contributed by atoms with Crippen LogP contribution in [0.3, 0.4) is 0 Å². The maximum atomic E-state index is 8.34. The minimum Gasteiger partial charge on any atom is -0.300 e. The molecule has 0 saturated heterocycles. The zero-order chi connectivity index (χ0) is 9.68. The van der Waals surface area contributed by atoms with Crippen LogP contribution in [0.4, 0.5) is 0 Å². The Morgan fingerprint density at radius 1 is 1.69 bits per heavy atom. The fraction of sp³-hybridized carbons (Fsp3) is 0.556. The molecule has 0 aliphatic heterocycles. The molecule has 0 saturated carbocycles. The third kappa shape index (κ3) is 2.56. The van der Waals surface area contributed by atoms with E-state index in [1.807, 2.05) is 24.0 Å². The number of hydrogen-bond acceptors (Lipinski definition) is 3. The average Bonchev–Trinajstić information content (AvgIpc) is 2.47. The van der Waals surface area contributed by atoms with Crippen molar-refractivity contribution in [3.8, 4) is 6.07 Å². The number of aromatic nitrogens is 2. The largest absolute Gasteiger partial charge is 0.300 e. The highest BCUT2D eigenvalue weighted by atomic mass is 15.3. The maximum absolute atomic E-state index is 8.34. The first kappa shape index (κ1) is 9.75. The fourth-order valence-electron chi connectivity index (χ4n) is 1.28. The number of nitrogens with zero attached hydrogens (tertiary/aromatic N) is 3. The fourth-order valence-corrected chi connectivity index (χ4v) is 1.28. The highest BCUT2D eigenvalue weighted by Gasteiger charge is 2.03. The molecule has 0 aromatic carbocycles. The monoisotopic (exact) mass is 178 g/mol. The van der Waals surface area contributed by atoms with Crippen LogP contribution in [0.25, 0.3) is 0 Å². The van der Waals surface area contributed by atoms with Crippen LogP contribution in [0.15, 0.2) is 6.20 Å². The highest BCUT2D eigenvalue weighted by Crippen LogP contribution is 2.05. The van der Waals surface area contributed by atoms with E-state index in [1.165, 1.54) is 5.56 Å². The van der Waals surface area contributed by atoms with Crippen molar-refractivity contribution < 1.29 is 0 Å². The molecule has 1 aromatic rings. The molecule has 13 heavy (non-hydrogen) atoms. The summed E-state index contributed by atoms with van der Waals surface area (Å²) in [7, 11) is 1.91. The molecule has 70 valence electrons. The molecule has 4 heteroatoms. The van der Waals surface area contributed by atoms with Crippen LogP contribution in [-0.2, 0) is 20.0 Å². The van der Waals surface area contributed by atoms with Crippen molar-refractivity contribution in [3.05, 3.63) is 17.5 Å². The minimum absolute atomic E-state index is 0.387. The molecule has 0 aliphatic carbocycles. The molecule has 0 aliphatic rings. The van der Waals surface area contributed by atoms with Crippen LogP contribution in [0.2, 0.25) is 0 Å². The summed E-state index contributed by atoms with van der Waals surface area (Å²) in [5.41, 5.74) is 2.29. The van der Waals surface area contributed by atoms with Gasteiger partial charge in [-0.25, -0.2) is 0 Å². The van der Waals surface area contributed by atoms with E-state index in [2.05, 4.69) is 17.3 Å². The average molecular weight is 178 g/mol. The number of nitrogens with one attached hydrogen (secondary N) is 1. The number of hydrogen-bond donors (Lipinski definition) is 1. The van der Waals surface area contributed by atoms with Crippen molar-refractivity contribution in [1.29, 1.82) is 5.26 Å². The van der Waals surface area contributed by atoms with Crippen LogP contribution >= 0.6 is 0 Å². The summed E-state index contributed by atoms with van der Waals surface area (Å²) in [6, 6.07) is 2.04. The van der Waals surface area contributed by atoms with Crippen molar-refractivity contribution >= 4 is 0 Å². The van der Waals surface area contributed by atoms with Crippen LogP contribution in [0, 0.1) is 11.3 Å². The van der Waals surface area contributed by atoms with Gasteiger partial charge in [0.1, 0.15) is 0 Å². The Morgan fingerprint density at radius 3 is 3.08 bits per heavy atom. The van der Waals surface area contributed by atoms with Gasteiger partial charge in [0.15, 0.2) is 0 Å². The van der Waals surface area contributed by atoms with Gasteiger partial charge in [-0.3, -0.25) is 4.68 Å². The Balaban J connectivity index is 2.59. The summed E-state index contributed by atoms with van der Waals surface area (Å²) >= 11 is 0. The third-order valence-corrected chi connectivity index (χ3v) is 1.85. The van der Waals surface area contributed by atoms with Gasteiger partial charge in [0, 0.05) is 25.4 Å². The van der Waals surface area contributed by atoms with Crippen LogP contribution in [0.5, 0.6) is 0 Å². The first-order chi connectivity index (χ1) is 6.27. The van der Waals surface area contributed by atoms with Crippen LogP contribution < -0.4 is 5.32 Å². The Morgan fingerprint density at radius 2 is 2.46 bits per heavy atom. The lowest BCUT2D eigenvalue weighted by Gasteiger charge is -1.98. The molecule has 1 N–H and O–H groups in total. The summed E-state index contributed by atoms with van der Waals surface area (Å²) in [4.78, 5) is 0. The number of aryl methyl sites for hydroxylation is 2. The van der Waals surface area contributed by atoms with Gasteiger partial charge in [-0.2, -0.15) is 10.4 Å². The van der Waals surface area contributed by atoms with Gasteiger partial charge in [0.05, 0.1) is 18.3 Å². The second-order valence-electron chi connectivity index (χ2n) is 2.89. The van der Waals surface area contributed by atoms with E-state index in [0.717, 1.165) is 18.7 Å². The molecule has 0 atom stereocenters. The van der Waals surface area contributed by atoms with Crippen LogP contribution in [0.1, 0.15) is 18.2 Å². The molecule has 1 rings (SSSR count). The van der Waals surface area contributed by atoms with E-state index >= 15 is 0 Å². The third-order valence-electron chi connectivity index (χ3n) is 1.85. The number of nitriles is 1. The predicted molar refractivity (Wildman–Crippen MR) is 49.9 cm³/mol. The Labute approximate surface area is 78.2 Å². The molecular formula is C9H14N4. The van der Waals surface area contributed by atoms with Crippen molar-refractivity contribution in [2.24, 2.45) is 7.05 Å². The first-order valence-corrected chi connectivity index (χ1v) is 4.37. The van der Waals surface area contributed by atoms with Crippen LogP contribution in [-0.4, -0.2) is 16.3 Å². The summed E-state index contributed by atoms with van der Waals surface area (Å²) in [6.45, 7) is 3.19. The summed E-state index contributed by atoms with van der Waals surface area (Å²) < 4.78 is 1.81. The Kier molecular flexibility index (Phi) is 3.47. The number of rotatable bonds is 4. The molecule has 0 unspecified atom stereocenters. The quantitative estimate of drug-likeness (QED) is 0.542. The zero-order valence-electron chi connectivity index (χ0n) is 8.04. The molecule has 0 bridgehead atoms. The topological polar surface area (TPSA) is 53.6 Å². The lowest BCUT2D eigenvalue weighted by atomic mass is 10.2. The molecule has 1 aromatic heterocycles. The maximum Gasteiger partial charge on any atom is 0.0843 e. The Hall–Kier alpha value is -1.34. The van der Waals surface area contributed by atoms with E-state index in [1.54, 1.807) is 0 Å². The normalized spacial score (nSPS) is 9.92. The SMILES string of the molecule is CCc1nn(C)cc1CNCC#N. The standard InChI is InChI=1S/C9H14N4/c1-3-9-8(6-11-5-4-10)7-13(2)12-9/h7,11H,3,5-6H2,1-2H3. The van der Waals surface area contributed by atoms with E-state index in [4.69, 9.17) is 5.26 Å². The van der Waals surface area contributed by atoms with Crippen molar-refractivity contribution in [2.45, 2.75) is 19.9 Å². The van der Waals surface area contributed by atoms with E-state index in [0.29, 0.717) is 6.54 Å². The molecule has 0 spiro atoms. The highest BCUT2D eigenvalue weighted by molar-refractivity contribution is 5.16. The van der Waals surface area contributed by atoms with Crippen molar-refractivity contribution in [1.82, 2.24) is 15.1 Å². The second kappa shape index (κ2) is 4.63. The predicted octanol–water partition coefficient (Wildman–Crippen LogP) is 0.596. The Bertz CT molecular complexity index is 308. The molecule has 0 amide bonds. The first-order valence-electron chi connectivity index (χ1n) is 4.37. The van der Waals surface area contributed by atoms with E-state index < -0.39 is 0 Å². The summed E-state index contributed by atoms with van der Waals surface area (Å²) in [6.07, 6.45) is 2.92. The molecule has 4 nitrogen and oxygen atoms in total. The van der Waals surface area contributed by atoms with Crippen molar-refractivity contribution in [2.75, 3.05) is 6.54 Å². The van der Waals surface area contributed by atoms with Gasteiger partial charge in [-0.15, -0.1) is 0 Å². The van der Waals surface area contributed by atoms with Crippen molar-refractivity contribution in [3.63, 3.8) is 0 Å². The lowest BCUT2D eigenvalue weighted by Crippen LogP contribution is -2.13. The van der Waals surface area contributed by atoms with Gasteiger partial charge in [-0.1, -0.05) is 6.92 Å². The van der Waals surface area contributed by atoms with Gasteiger partial charge in [0.25, 0.3) is 0 Å². The summed E-state index contributed by atoms with van der Waals surface area (Å²) in [5, 5.41) is 15.7. The minimum atomic E-state index is 0.387. The van der Waals surface area contributed by atoms with E-state index in [-0.39, 0.29) is 0 Å². The smallest absolute Gasteiger partial charge is 0.0843 e. The molecular weight excluding hydrogens is 164 g/mol. The lowest BCUT2D eigenvalue weighted by molar-refractivity contribution is 0.746. The van der Waals surface area contributed by atoms with Gasteiger partial charge in [0.2, 0.25) is 0 Å². The molecule has 0 fully saturated rings. The molecule has 0 radical (unpaired) electrons. The summed E-state index contributed by atoms with van der Waals surface area (Å²) in [5.74, 6) is 0. The van der Waals surface area contributed by atoms with E-state index in [9.17, 15) is 0 Å². The van der Waals surface area contributed by atoms with Gasteiger partial charge >= 0.3 is 0 Å². The second-order valence-corrected chi connectivity index (χ2v) is 2.89. The van der Waals surface area contributed by atoms with Gasteiger partial charge < -0.3 is 5.32 Å². The zero-order valence-corrected chi connectivity index (χ0v) is 8.04.